The molecular formula is C16H19N3O2. The van der Waals surface area contributed by atoms with Crippen LogP contribution in [0.1, 0.15) is 24.1 Å². The van der Waals surface area contributed by atoms with Gasteiger partial charge in [-0.2, -0.15) is 5.10 Å². The van der Waals surface area contributed by atoms with Crippen LogP contribution < -0.4 is 10.1 Å². The van der Waals surface area contributed by atoms with Crippen LogP contribution in [0.3, 0.4) is 0 Å². The van der Waals surface area contributed by atoms with Crippen LogP contribution in [-0.2, 0) is 11.3 Å². The van der Waals surface area contributed by atoms with Crippen molar-refractivity contribution < 1.29 is 9.53 Å². The normalized spacial score (nSPS) is 11.7. The predicted molar refractivity (Wildman–Crippen MR) is 81.1 cm³/mol. The molecule has 1 N–H and O–H groups in total. The predicted octanol–water partition coefficient (Wildman–Crippen LogP) is 2.30. The Bertz CT molecular complexity index is 620. The Hall–Kier alpha value is -2.56. The third-order valence-corrected chi connectivity index (χ3v) is 3.24. The monoisotopic (exact) mass is 285 g/mol. The average Bonchev–Trinajstić information content (AvgIpc) is 3.00. The molecule has 1 aromatic carbocycles. The second kappa shape index (κ2) is 6.74. The summed E-state index contributed by atoms with van der Waals surface area (Å²) in [6.45, 7) is 6.01. The molecule has 1 atom stereocenters. The summed E-state index contributed by atoms with van der Waals surface area (Å²) in [6.07, 6.45) is 4.91. The molecule has 5 heteroatoms. The highest BCUT2D eigenvalue weighted by Gasteiger charge is 2.11. The van der Waals surface area contributed by atoms with E-state index in [0.29, 0.717) is 6.54 Å². The Morgan fingerprint density at radius 1 is 1.57 bits per heavy atom. The molecule has 0 saturated heterocycles. The SMILES string of the molecule is C=CC(=O)N[C@@H](C)c1ccc(OC)c(Cn2cccn2)c1. The Kier molecular flexibility index (Phi) is 4.77. The minimum Gasteiger partial charge on any atom is -0.496 e. The Morgan fingerprint density at radius 2 is 2.38 bits per heavy atom. The van der Waals surface area contributed by atoms with Crippen molar-refractivity contribution in [3.63, 3.8) is 0 Å². The second-order valence-corrected chi connectivity index (χ2v) is 4.71. The van der Waals surface area contributed by atoms with E-state index in [1.807, 2.05) is 42.1 Å². The standard InChI is InChI=1S/C16H19N3O2/c1-4-16(20)18-12(2)13-6-7-15(21-3)14(10-13)11-19-9-5-8-17-19/h4-10,12H,1,11H2,2-3H3,(H,18,20)/t12-/m0/s1. The fourth-order valence-corrected chi connectivity index (χ4v) is 2.12. The fourth-order valence-electron chi connectivity index (χ4n) is 2.12. The number of ether oxygens (including phenoxy) is 1. The Balaban J connectivity index is 2.24. The van der Waals surface area contributed by atoms with Crippen molar-refractivity contribution in [3.8, 4) is 5.75 Å². The number of aromatic nitrogens is 2. The fraction of sp³-hybridized carbons (Fsp3) is 0.250. The van der Waals surface area contributed by atoms with Gasteiger partial charge < -0.3 is 10.1 Å². The number of rotatable bonds is 6. The number of carbonyl (C=O) groups excluding carboxylic acids is 1. The first-order valence-electron chi connectivity index (χ1n) is 6.71. The number of amides is 1. The van der Waals surface area contributed by atoms with Crippen LogP contribution in [0.25, 0.3) is 0 Å². The van der Waals surface area contributed by atoms with Crippen molar-refractivity contribution in [3.05, 3.63) is 60.4 Å². The van der Waals surface area contributed by atoms with Crippen LogP contribution in [0.5, 0.6) is 5.75 Å². The van der Waals surface area contributed by atoms with Crippen LogP contribution in [-0.4, -0.2) is 22.8 Å². The zero-order valence-corrected chi connectivity index (χ0v) is 12.2. The zero-order chi connectivity index (χ0) is 15.2. The summed E-state index contributed by atoms with van der Waals surface area (Å²) in [5.41, 5.74) is 2.02. The van der Waals surface area contributed by atoms with Gasteiger partial charge in [-0.05, 0) is 36.8 Å². The quantitative estimate of drug-likeness (QED) is 0.829. The average molecular weight is 285 g/mol. The van der Waals surface area contributed by atoms with Gasteiger partial charge in [-0.15, -0.1) is 0 Å². The van der Waals surface area contributed by atoms with Gasteiger partial charge in [-0.1, -0.05) is 12.6 Å². The molecule has 1 heterocycles. The van der Waals surface area contributed by atoms with Crippen molar-refractivity contribution in [1.82, 2.24) is 15.1 Å². The molecule has 1 aromatic heterocycles. The van der Waals surface area contributed by atoms with E-state index in [4.69, 9.17) is 4.74 Å². The smallest absolute Gasteiger partial charge is 0.243 e. The van der Waals surface area contributed by atoms with E-state index in [2.05, 4.69) is 17.0 Å². The molecule has 2 rings (SSSR count). The Labute approximate surface area is 124 Å². The lowest BCUT2D eigenvalue weighted by Crippen LogP contribution is -2.24. The van der Waals surface area contributed by atoms with Gasteiger partial charge in [0.1, 0.15) is 5.75 Å². The van der Waals surface area contributed by atoms with E-state index in [9.17, 15) is 4.79 Å². The van der Waals surface area contributed by atoms with Crippen LogP contribution in [0.2, 0.25) is 0 Å². The van der Waals surface area contributed by atoms with Crippen molar-refractivity contribution in [2.75, 3.05) is 7.11 Å². The number of hydrogen-bond donors (Lipinski definition) is 1. The van der Waals surface area contributed by atoms with Gasteiger partial charge in [0.05, 0.1) is 19.7 Å². The molecule has 0 spiro atoms. The minimum absolute atomic E-state index is 0.0993. The van der Waals surface area contributed by atoms with E-state index >= 15 is 0 Å². The summed E-state index contributed by atoms with van der Waals surface area (Å²) >= 11 is 0. The van der Waals surface area contributed by atoms with Crippen LogP contribution in [0.15, 0.2) is 49.3 Å². The topological polar surface area (TPSA) is 56.1 Å². The van der Waals surface area contributed by atoms with Gasteiger partial charge in [0.15, 0.2) is 0 Å². The van der Waals surface area contributed by atoms with Crippen molar-refractivity contribution in [2.24, 2.45) is 0 Å². The molecule has 0 saturated carbocycles. The van der Waals surface area contributed by atoms with Crippen molar-refractivity contribution >= 4 is 5.91 Å². The summed E-state index contributed by atoms with van der Waals surface area (Å²) in [5.74, 6) is 0.614. The maximum atomic E-state index is 11.4. The van der Waals surface area contributed by atoms with Crippen molar-refractivity contribution in [2.45, 2.75) is 19.5 Å². The summed E-state index contributed by atoms with van der Waals surface area (Å²) in [4.78, 5) is 11.4. The van der Waals surface area contributed by atoms with Gasteiger partial charge >= 0.3 is 0 Å². The third-order valence-electron chi connectivity index (χ3n) is 3.24. The molecule has 0 aliphatic carbocycles. The highest BCUT2D eigenvalue weighted by Crippen LogP contribution is 2.24. The molecule has 21 heavy (non-hydrogen) atoms. The summed E-state index contributed by atoms with van der Waals surface area (Å²) < 4.78 is 7.21. The lowest BCUT2D eigenvalue weighted by molar-refractivity contribution is -0.117. The molecule has 0 bridgehead atoms. The number of nitrogens with zero attached hydrogens (tertiary/aromatic N) is 2. The number of methoxy groups -OCH3 is 1. The lowest BCUT2D eigenvalue weighted by Gasteiger charge is -2.16. The van der Waals surface area contributed by atoms with Gasteiger partial charge in [0.2, 0.25) is 5.91 Å². The highest BCUT2D eigenvalue weighted by molar-refractivity contribution is 5.87. The van der Waals surface area contributed by atoms with E-state index in [0.717, 1.165) is 16.9 Å². The summed E-state index contributed by atoms with van der Waals surface area (Å²) in [6, 6.07) is 7.65. The molecular weight excluding hydrogens is 266 g/mol. The first-order valence-corrected chi connectivity index (χ1v) is 6.71. The zero-order valence-electron chi connectivity index (χ0n) is 12.2. The minimum atomic E-state index is -0.188. The largest absolute Gasteiger partial charge is 0.496 e. The maximum absolute atomic E-state index is 11.4. The first-order chi connectivity index (χ1) is 10.1. The number of hydrogen-bond acceptors (Lipinski definition) is 3. The second-order valence-electron chi connectivity index (χ2n) is 4.71. The van der Waals surface area contributed by atoms with Crippen LogP contribution in [0.4, 0.5) is 0 Å². The molecule has 1 amide bonds. The lowest BCUT2D eigenvalue weighted by atomic mass is 10.0. The van der Waals surface area contributed by atoms with Gasteiger partial charge in [0.25, 0.3) is 0 Å². The Morgan fingerprint density at radius 3 is 3.00 bits per heavy atom. The van der Waals surface area contributed by atoms with E-state index in [1.165, 1.54) is 6.08 Å². The molecule has 0 aliphatic heterocycles. The van der Waals surface area contributed by atoms with E-state index in [-0.39, 0.29) is 11.9 Å². The maximum Gasteiger partial charge on any atom is 0.243 e. The highest BCUT2D eigenvalue weighted by atomic mass is 16.5. The third kappa shape index (κ3) is 3.72. The van der Waals surface area contributed by atoms with Crippen molar-refractivity contribution in [1.29, 1.82) is 0 Å². The van der Waals surface area contributed by atoms with Crippen LogP contribution in [0, 0.1) is 0 Å². The molecule has 0 fully saturated rings. The van der Waals surface area contributed by atoms with Gasteiger partial charge in [-0.25, -0.2) is 0 Å². The summed E-state index contributed by atoms with van der Waals surface area (Å²) in [5, 5.41) is 7.05. The van der Waals surface area contributed by atoms with E-state index in [1.54, 1.807) is 13.3 Å². The summed E-state index contributed by atoms with van der Waals surface area (Å²) in [7, 11) is 1.64. The van der Waals surface area contributed by atoms with Gasteiger partial charge in [-0.3, -0.25) is 9.48 Å². The molecule has 5 nitrogen and oxygen atoms in total. The molecule has 110 valence electrons. The molecule has 0 unspecified atom stereocenters. The van der Waals surface area contributed by atoms with Gasteiger partial charge in [0, 0.05) is 18.0 Å². The molecule has 0 radical (unpaired) electrons. The number of benzene rings is 1. The first kappa shape index (κ1) is 14.8. The molecule has 2 aromatic rings. The number of nitrogens with one attached hydrogen (secondary N) is 1. The van der Waals surface area contributed by atoms with Crippen LogP contribution >= 0.6 is 0 Å². The molecule has 0 aliphatic rings. The number of carbonyl (C=O) groups is 1. The van der Waals surface area contributed by atoms with E-state index < -0.39 is 0 Å².